The molecule has 0 saturated heterocycles. The average Bonchev–Trinajstić information content (AvgIpc) is 2.81. The van der Waals surface area contributed by atoms with Gasteiger partial charge in [0.15, 0.2) is 11.6 Å². The predicted molar refractivity (Wildman–Crippen MR) is 130 cm³/mol. The van der Waals surface area contributed by atoms with Crippen LogP contribution in [0.2, 0.25) is 0 Å². The topological polar surface area (TPSA) is 121 Å². The molecule has 2 aromatic carbocycles. The Morgan fingerprint density at radius 3 is 2.49 bits per heavy atom. The third-order valence-electron chi connectivity index (χ3n) is 4.47. The zero-order chi connectivity index (χ0) is 26.0. The summed E-state index contributed by atoms with van der Waals surface area (Å²) in [5.74, 6) is -4.73. The molecular formula is C22H26F3IN4O5. The Bertz CT molecular complexity index is 1040. The molecule has 0 saturated carbocycles. The molecule has 0 atom stereocenters. The summed E-state index contributed by atoms with van der Waals surface area (Å²) in [5.41, 5.74) is 3.05. The van der Waals surface area contributed by atoms with E-state index >= 15 is 4.39 Å². The van der Waals surface area contributed by atoms with Gasteiger partial charge in [0.05, 0.1) is 36.8 Å². The van der Waals surface area contributed by atoms with E-state index in [1.54, 1.807) is 19.9 Å². The SMILES string of the molecule is CC(C)C(=O)NCCONCc1cc(C(=O)NOCCO)c(Nc2ccc(I)cc2F)c(F)c1F. The average molecular weight is 610 g/mol. The first-order valence-electron chi connectivity index (χ1n) is 10.5. The minimum atomic E-state index is -1.42. The van der Waals surface area contributed by atoms with E-state index in [9.17, 15) is 18.4 Å². The molecule has 0 unspecified atom stereocenters. The summed E-state index contributed by atoms with van der Waals surface area (Å²) in [6.07, 6.45) is 0. The molecule has 0 aliphatic rings. The number of aliphatic hydroxyl groups is 1. The normalized spacial score (nSPS) is 11.0. The number of hydrogen-bond donors (Lipinski definition) is 5. The van der Waals surface area contributed by atoms with Crippen LogP contribution in [-0.4, -0.2) is 43.3 Å². The fraction of sp³-hybridized carbons (Fsp3) is 0.364. The summed E-state index contributed by atoms with van der Waals surface area (Å²) in [6, 6.07) is 5.10. The van der Waals surface area contributed by atoms with Gasteiger partial charge in [0, 0.05) is 28.1 Å². The van der Waals surface area contributed by atoms with Crippen molar-refractivity contribution in [3.8, 4) is 0 Å². The Morgan fingerprint density at radius 1 is 1.09 bits per heavy atom. The molecule has 5 N–H and O–H groups in total. The zero-order valence-corrected chi connectivity index (χ0v) is 21.2. The van der Waals surface area contributed by atoms with Gasteiger partial charge in [-0.15, -0.1) is 0 Å². The van der Waals surface area contributed by atoms with Crippen LogP contribution in [0.25, 0.3) is 0 Å². The zero-order valence-electron chi connectivity index (χ0n) is 19.0. The molecule has 0 aliphatic heterocycles. The van der Waals surface area contributed by atoms with Gasteiger partial charge in [0.1, 0.15) is 5.82 Å². The highest BCUT2D eigenvalue weighted by molar-refractivity contribution is 14.1. The molecule has 0 radical (unpaired) electrons. The van der Waals surface area contributed by atoms with Crippen LogP contribution in [0.1, 0.15) is 29.8 Å². The summed E-state index contributed by atoms with van der Waals surface area (Å²) in [5, 5.41) is 13.9. The Balaban J connectivity index is 2.21. The van der Waals surface area contributed by atoms with E-state index in [0.29, 0.717) is 3.57 Å². The molecule has 35 heavy (non-hydrogen) atoms. The monoisotopic (exact) mass is 610 g/mol. The van der Waals surface area contributed by atoms with Crippen molar-refractivity contribution in [1.29, 1.82) is 0 Å². The number of aliphatic hydroxyl groups excluding tert-OH is 1. The number of amides is 2. The molecule has 0 aliphatic carbocycles. The van der Waals surface area contributed by atoms with Gasteiger partial charge in [-0.05, 0) is 46.9 Å². The highest BCUT2D eigenvalue weighted by Crippen LogP contribution is 2.30. The van der Waals surface area contributed by atoms with Gasteiger partial charge in [0.2, 0.25) is 5.91 Å². The van der Waals surface area contributed by atoms with Crippen LogP contribution in [0.3, 0.4) is 0 Å². The standard InChI is InChI=1S/C22H26F3IN4O5/c1-12(2)21(32)27-5-7-34-28-11-13-9-15(22(33)30-35-8-6-31)20(19(25)18(13)24)29-17-4-3-14(26)10-16(17)23/h3-4,9-10,12,28-29,31H,5-8,11H2,1-2H3,(H,27,32)(H,30,33). The third-order valence-corrected chi connectivity index (χ3v) is 5.14. The number of carbonyl (C=O) groups excluding carboxylic acids is 2. The number of carbonyl (C=O) groups is 2. The lowest BCUT2D eigenvalue weighted by molar-refractivity contribution is -0.124. The summed E-state index contributed by atoms with van der Waals surface area (Å²) < 4.78 is 44.7. The molecule has 0 spiro atoms. The first-order chi connectivity index (χ1) is 16.6. The van der Waals surface area contributed by atoms with Gasteiger partial charge in [0.25, 0.3) is 5.91 Å². The van der Waals surface area contributed by atoms with Crippen molar-refractivity contribution in [1.82, 2.24) is 16.3 Å². The molecule has 2 rings (SSSR count). The molecule has 0 heterocycles. The van der Waals surface area contributed by atoms with E-state index in [1.807, 2.05) is 28.1 Å². The Kier molecular flexibility index (Phi) is 11.7. The molecule has 13 heteroatoms. The highest BCUT2D eigenvalue weighted by Gasteiger charge is 2.24. The van der Waals surface area contributed by atoms with E-state index in [2.05, 4.69) is 16.1 Å². The van der Waals surface area contributed by atoms with Crippen LogP contribution in [0.5, 0.6) is 0 Å². The van der Waals surface area contributed by atoms with Crippen LogP contribution < -0.4 is 21.6 Å². The van der Waals surface area contributed by atoms with Crippen molar-refractivity contribution in [2.45, 2.75) is 20.4 Å². The lowest BCUT2D eigenvalue weighted by Gasteiger charge is -2.17. The van der Waals surface area contributed by atoms with Gasteiger partial charge in [-0.3, -0.25) is 19.3 Å². The molecule has 0 bridgehead atoms. The first-order valence-corrected chi connectivity index (χ1v) is 11.6. The van der Waals surface area contributed by atoms with Crippen LogP contribution in [0, 0.1) is 26.9 Å². The van der Waals surface area contributed by atoms with Crippen molar-refractivity contribution in [2.75, 3.05) is 31.7 Å². The second-order valence-electron chi connectivity index (χ2n) is 7.45. The Hall–Kier alpha value is -2.46. The number of benzene rings is 2. The number of anilines is 2. The molecule has 0 fully saturated rings. The van der Waals surface area contributed by atoms with E-state index in [1.165, 1.54) is 12.1 Å². The first kappa shape index (κ1) is 28.8. The summed E-state index contributed by atoms with van der Waals surface area (Å²) >= 11 is 1.89. The molecule has 2 amide bonds. The van der Waals surface area contributed by atoms with Gasteiger partial charge < -0.3 is 15.7 Å². The molecule has 192 valence electrons. The van der Waals surface area contributed by atoms with Crippen molar-refractivity contribution in [2.24, 2.45) is 5.92 Å². The number of hydrogen-bond acceptors (Lipinski definition) is 7. The van der Waals surface area contributed by atoms with E-state index in [-0.39, 0.29) is 61.5 Å². The quantitative estimate of drug-likeness (QED) is 0.135. The van der Waals surface area contributed by atoms with Crippen LogP contribution >= 0.6 is 22.6 Å². The Morgan fingerprint density at radius 2 is 1.83 bits per heavy atom. The maximum atomic E-state index is 15.0. The number of nitrogens with one attached hydrogen (secondary N) is 4. The van der Waals surface area contributed by atoms with Crippen LogP contribution in [0.15, 0.2) is 24.3 Å². The fourth-order valence-electron chi connectivity index (χ4n) is 2.68. The molecule has 0 aromatic heterocycles. The van der Waals surface area contributed by atoms with Crippen LogP contribution in [0.4, 0.5) is 24.5 Å². The van der Waals surface area contributed by atoms with Gasteiger partial charge in [-0.25, -0.2) is 18.7 Å². The lowest BCUT2D eigenvalue weighted by Crippen LogP contribution is -2.32. The Labute approximate surface area is 213 Å². The minimum Gasteiger partial charge on any atom is -0.394 e. The van der Waals surface area contributed by atoms with Gasteiger partial charge >= 0.3 is 0 Å². The van der Waals surface area contributed by atoms with Crippen LogP contribution in [-0.2, 0) is 21.0 Å². The number of rotatable bonds is 13. The van der Waals surface area contributed by atoms with E-state index in [0.717, 1.165) is 6.07 Å². The highest BCUT2D eigenvalue weighted by atomic mass is 127. The van der Waals surface area contributed by atoms with E-state index in [4.69, 9.17) is 14.8 Å². The third kappa shape index (κ3) is 8.61. The minimum absolute atomic E-state index is 0.0522. The summed E-state index contributed by atoms with van der Waals surface area (Å²) in [4.78, 5) is 34.0. The fourth-order valence-corrected chi connectivity index (χ4v) is 3.13. The summed E-state index contributed by atoms with van der Waals surface area (Å²) in [6.45, 7) is 2.77. The molecule has 9 nitrogen and oxygen atoms in total. The van der Waals surface area contributed by atoms with Crippen molar-refractivity contribution in [3.63, 3.8) is 0 Å². The summed E-state index contributed by atoms with van der Waals surface area (Å²) in [7, 11) is 0. The largest absolute Gasteiger partial charge is 0.394 e. The molecule has 2 aromatic rings. The van der Waals surface area contributed by atoms with E-state index < -0.39 is 29.0 Å². The second-order valence-corrected chi connectivity index (χ2v) is 8.70. The predicted octanol–water partition coefficient (Wildman–Crippen LogP) is 2.90. The second kappa shape index (κ2) is 14.2. The maximum absolute atomic E-state index is 15.0. The van der Waals surface area contributed by atoms with Crippen molar-refractivity contribution in [3.05, 3.63) is 56.4 Å². The lowest BCUT2D eigenvalue weighted by atomic mass is 10.1. The van der Waals surface area contributed by atoms with Gasteiger partial charge in [-0.2, -0.15) is 5.48 Å². The smallest absolute Gasteiger partial charge is 0.277 e. The van der Waals surface area contributed by atoms with Crippen molar-refractivity contribution < 1.29 is 37.5 Å². The number of hydroxylamine groups is 2. The van der Waals surface area contributed by atoms with Gasteiger partial charge in [-0.1, -0.05) is 13.8 Å². The number of halogens is 4. The van der Waals surface area contributed by atoms with Crippen molar-refractivity contribution >= 4 is 45.8 Å². The molecular weight excluding hydrogens is 584 g/mol. The maximum Gasteiger partial charge on any atom is 0.277 e.